The van der Waals surface area contributed by atoms with Gasteiger partial charge in [-0.1, -0.05) is 51.7 Å². The number of ether oxygens (including phenoxy) is 1. The minimum absolute atomic E-state index is 0.0627. The number of allylic oxidation sites excluding steroid dienone is 1. The molecule has 88 valence electrons. The van der Waals surface area contributed by atoms with Gasteiger partial charge in [0.25, 0.3) is 0 Å². The molecule has 0 amide bonds. The van der Waals surface area contributed by atoms with E-state index in [0.717, 1.165) is 25.7 Å². The van der Waals surface area contributed by atoms with Gasteiger partial charge in [-0.25, -0.2) is 0 Å². The zero-order valence-corrected chi connectivity index (χ0v) is 10.1. The highest BCUT2D eigenvalue weighted by Gasteiger charge is 2.00. The fraction of sp³-hybridized carbons (Fsp3) is 0.769. The van der Waals surface area contributed by atoms with Gasteiger partial charge < -0.3 is 4.74 Å². The molecule has 0 radical (unpaired) electrons. The van der Waals surface area contributed by atoms with E-state index in [9.17, 15) is 4.79 Å². The summed E-state index contributed by atoms with van der Waals surface area (Å²) in [5.41, 5.74) is 0. The van der Waals surface area contributed by atoms with E-state index < -0.39 is 0 Å². The highest BCUT2D eigenvalue weighted by molar-refractivity contribution is 5.69. The number of rotatable bonds is 9. The maximum absolute atomic E-state index is 11.2. The zero-order valence-electron chi connectivity index (χ0n) is 10.1. The maximum atomic E-state index is 11.2. The lowest BCUT2D eigenvalue weighted by molar-refractivity contribution is -0.142. The molecule has 0 aliphatic heterocycles. The number of carbonyl (C=O) groups excluding carboxylic acids is 1. The van der Waals surface area contributed by atoms with Crippen LogP contribution in [0.4, 0.5) is 0 Å². The SMILES string of the molecule is CCC/C=C/COC(=O)CCCCCC. The van der Waals surface area contributed by atoms with E-state index in [0.29, 0.717) is 13.0 Å². The van der Waals surface area contributed by atoms with Crippen LogP contribution in [0.3, 0.4) is 0 Å². The molecule has 0 aromatic carbocycles. The lowest BCUT2D eigenvalue weighted by atomic mass is 10.2. The topological polar surface area (TPSA) is 26.3 Å². The summed E-state index contributed by atoms with van der Waals surface area (Å²) >= 11 is 0. The van der Waals surface area contributed by atoms with E-state index in [1.165, 1.54) is 12.8 Å². The molecule has 0 heterocycles. The third kappa shape index (κ3) is 11.1. The van der Waals surface area contributed by atoms with Crippen molar-refractivity contribution >= 4 is 5.97 Å². The summed E-state index contributed by atoms with van der Waals surface area (Å²) < 4.78 is 5.04. The Hall–Kier alpha value is -0.790. The third-order valence-electron chi connectivity index (χ3n) is 2.20. The third-order valence-corrected chi connectivity index (χ3v) is 2.20. The van der Waals surface area contributed by atoms with E-state index in [4.69, 9.17) is 4.74 Å². The Morgan fingerprint density at radius 3 is 2.53 bits per heavy atom. The van der Waals surface area contributed by atoms with Crippen LogP contribution in [0.1, 0.15) is 58.8 Å². The molecule has 0 fully saturated rings. The molecule has 0 aromatic rings. The molecule has 0 bridgehead atoms. The van der Waals surface area contributed by atoms with Crippen molar-refractivity contribution in [1.82, 2.24) is 0 Å². The van der Waals surface area contributed by atoms with E-state index in [2.05, 4.69) is 19.9 Å². The normalized spacial score (nSPS) is 10.8. The van der Waals surface area contributed by atoms with Crippen LogP contribution >= 0.6 is 0 Å². The van der Waals surface area contributed by atoms with Crippen LogP contribution in [0.15, 0.2) is 12.2 Å². The first-order valence-corrected chi connectivity index (χ1v) is 6.11. The van der Waals surface area contributed by atoms with Crippen molar-refractivity contribution in [3.8, 4) is 0 Å². The predicted molar refractivity (Wildman–Crippen MR) is 63.8 cm³/mol. The molecule has 15 heavy (non-hydrogen) atoms. The molecular formula is C13H24O2. The summed E-state index contributed by atoms with van der Waals surface area (Å²) in [6.45, 7) is 4.73. The van der Waals surface area contributed by atoms with Gasteiger partial charge in [0.2, 0.25) is 0 Å². The van der Waals surface area contributed by atoms with Crippen LogP contribution in [0.25, 0.3) is 0 Å². The van der Waals surface area contributed by atoms with Crippen LogP contribution in [-0.2, 0) is 9.53 Å². The Bertz CT molecular complexity index is 173. The molecule has 0 atom stereocenters. The molecule has 0 unspecified atom stereocenters. The van der Waals surface area contributed by atoms with Gasteiger partial charge in [-0.15, -0.1) is 0 Å². The Morgan fingerprint density at radius 1 is 1.07 bits per heavy atom. The van der Waals surface area contributed by atoms with Gasteiger partial charge in [-0.05, 0) is 12.8 Å². The first-order valence-electron chi connectivity index (χ1n) is 6.11. The van der Waals surface area contributed by atoms with Crippen molar-refractivity contribution in [2.45, 2.75) is 58.8 Å². The molecule has 2 heteroatoms. The van der Waals surface area contributed by atoms with E-state index in [1.807, 2.05) is 6.08 Å². The predicted octanol–water partition coefficient (Wildman–Crippen LogP) is 3.86. The average Bonchev–Trinajstić information content (AvgIpc) is 2.24. The Kier molecular flexibility index (Phi) is 10.7. The van der Waals surface area contributed by atoms with Crippen molar-refractivity contribution in [2.24, 2.45) is 0 Å². The van der Waals surface area contributed by atoms with Gasteiger partial charge >= 0.3 is 5.97 Å². The zero-order chi connectivity index (χ0) is 11.4. The van der Waals surface area contributed by atoms with Gasteiger partial charge in [-0.3, -0.25) is 4.79 Å². The number of hydrogen-bond acceptors (Lipinski definition) is 2. The van der Waals surface area contributed by atoms with E-state index >= 15 is 0 Å². The first-order chi connectivity index (χ1) is 7.31. The Labute approximate surface area is 93.7 Å². The smallest absolute Gasteiger partial charge is 0.306 e. The Morgan fingerprint density at radius 2 is 1.87 bits per heavy atom. The second-order valence-corrected chi connectivity index (χ2v) is 3.75. The molecule has 0 spiro atoms. The maximum Gasteiger partial charge on any atom is 0.306 e. The fourth-order valence-electron chi connectivity index (χ4n) is 1.26. The van der Waals surface area contributed by atoms with Crippen molar-refractivity contribution < 1.29 is 9.53 Å². The van der Waals surface area contributed by atoms with Crippen molar-refractivity contribution in [1.29, 1.82) is 0 Å². The fourth-order valence-corrected chi connectivity index (χ4v) is 1.26. The van der Waals surface area contributed by atoms with Crippen molar-refractivity contribution in [3.05, 3.63) is 12.2 Å². The van der Waals surface area contributed by atoms with Gasteiger partial charge in [-0.2, -0.15) is 0 Å². The second kappa shape index (κ2) is 11.3. The van der Waals surface area contributed by atoms with Crippen LogP contribution in [0, 0.1) is 0 Å². The highest BCUT2D eigenvalue weighted by Crippen LogP contribution is 2.03. The number of carbonyl (C=O) groups is 1. The number of hydrogen-bond donors (Lipinski definition) is 0. The van der Waals surface area contributed by atoms with Crippen molar-refractivity contribution in [3.63, 3.8) is 0 Å². The van der Waals surface area contributed by atoms with E-state index in [1.54, 1.807) is 0 Å². The van der Waals surface area contributed by atoms with Gasteiger partial charge in [0.05, 0.1) is 0 Å². The van der Waals surface area contributed by atoms with Crippen molar-refractivity contribution in [2.75, 3.05) is 6.61 Å². The molecule has 2 nitrogen and oxygen atoms in total. The van der Waals surface area contributed by atoms with Gasteiger partial charge in [0, 0.05) is 6.42 Å². The molecule has 0 aromatic heterocycles. The lowest BCUT2D eigenvalue weighted by Gasteiger charge is -2.01. The molecule has 0 rings (SSSR count). The number of esters is 1. The minimum Gasteiger partial charge on any atom is -0.461 e. The summed E-state index contributed by atoms with van der Waals surface area (Å²) in [6, 6.07) is 0. The molecule has 0 aliphatic carbocycles. The summed E-state index contributed by atoms with van der Waals surface area (Å²) in [4.78, 5) is 11.2. The van der Waals surface area contributed by atoms with Gasteiger partial charge in [0.15, 0.2) is 0 Å². The molecule has 0 saturated carbocycles. The quantitative estimate of drug-likeness (QED) is 0.329. The van der Waals surface area contributed by atoms with Crippen LogP contribution in [-0.4, -0.2) is 12.6 Å². The summed E-state index contributed by atoms with van der Waals surface area (Å²) in [6.07, 6.45) is 11.3. The standard InChI is InChI=1S/C13H24O2/c1-3-5-7-9-11-13(14)15-12-10-8-6-4-2/h8,10H,3-7,9,11-12H2,1-2H3/b10-8+. The van der Waals surface area contributed by atoms with Gasteiger partial charge in [0.1, 0.15) is 6.61 Å². The molecule has 0 aliphatic rings. The molecular weight excluding hydrogens is 188 g/mol. The minimum atomic E-state index is -0.0627. The largest absolute Gasteiger partial charge is 0.461 e. The van der Waals surface area contributed by atoms with E-state index in [-0.39, 0.29) is 5.97 Å². The van der Waals surface area contributed by atoms with Crippen LogP contribution in [0.2, 0.25) is 0 Å². The molecule has 0 N–H and O–H groups in total. The summed E-state index contributed by atoms with van der Waals surface area (Å²) in [5, 5.41) is 0. The lowest BCUT2D eigenvalue weighted by Crippen LogP contribution is -2.03. The molecule has 0 saturated heterocycles. The average molecular weight is 212 g/mol. The first kappa shape index (κ1) is 14.2. The highest BCUT2D eigenvalue weighted by atomic mass is 16.5. The monoisotopic (exact) mass is 212 g/mol. The summed E-state index contributed by atoms with van der Waals surface area (Å²) in [5.74, 6) is -0.0627. The second-order valence-electron chi connectivity index (χ2n) is 3.75. The van der Waals surface area contributed by atoms with Crippen LogP contribution in [0.5, 0.6) is 0 Å². The number of unbranched alkanes of at least 4 members (excludes halogenated alkanes) is 4. The Balaban J connectivity index is 3.25. The van der Waals surface area contributed by atoms with Crippen LogP contribution < -0.4 is 0 Å². The summed E-state index contributed by atoms with van der Waals surface area (Å²) in [7, 11) is 0.